The summed E-state index contributed by atoms with van der Waals surface area (Å²) < 4.78 is 4.96. The molecular formula is C17H17NO4. The van der Waals surface area contributed by atoms with Gasteiger partial charge in [0.15, 0.2) is 0 Å². The van der Waals surface area contributed by atoms with E-state index in [1.807, 2.05) is 19.1 Å². The maximum absolute atomic E-state index is 12.6. The maximum atomic E-state index is 12.6. The second kappa shape index (κ2) is 5.40. The summed E-state index contributed by atoms with van der Waals surface area (Å²) >= 11 is 0. The summed E-state index contributed by atoms with van der Waals surface area (Å²) in [5.41, 5.74) is 0.521. The summed E-state index contributed by atoms with van der Waals surface area (Å²) in [6.07, 6.45) is 4.59. The molecule has 0 spiro atoms. The van der Waals surface area contributed by atoms with Gasteiger partial charge >= 0.3 is 5.97 Å². The Bertz CT molecular complexity index is 662. The van der Waals surface area contributed by atoms with Gasteiger partial charge in [-0.3, -0.25) is 19.3 Å². The maximum Gasteiger partial charge on any atom is 0.308 e. The molecule has 0 saturated carbocycles. The van der Waals surface area contributed by atoms with E-state index in [9.17, 15) is 14.4 Å². The smallest absolute Gasteiger partial charge is 0.308 e. The van der Waals surface area contributed by atoms with Crippen molar-refractivity contribution in [3.05, 3.63) is 36.4 Å². The minimum absolute atomic E-state index is 0.0699. The lowest BCUT2D eigenvalue weighted by Gasteiger charge is -2.22. The van der Waals surface area contributed by atoms with Crippen LogP contribution in [0.1, 0.15) is 20.3 Å². The molecule has 0 aromatic heterocycles. The van der Waals surface area contributed by atoms with E-state index >= 15 is 0 Å². The summed E-state index contributed by atoms with van der Waals surface area (Å²) in [5, 5.41) is 0. The number of carbonyl (C=O) groups is 3. The van der Waals surface area contributed by atoms with Gasteiger partial charge in [0.25, 0.3) is 0 Å². The van der Waals surface area contributed by atoms with Crippen molar-refractivity contribution in [2.24, 2.45) is 17.8 Å². The summed E-state index contributed by atoms with van der Waals surface area (Å²) in [7, 11) is 0. The lowest BCUT2D eigenvalue weighted by Crippen LogP contribution is -2.31. The lowest BCUT2D eigenvalue weighted by molar-refractivity contribution is -0.132. The molecule has 3 unspecified atom stereocenters. The van der Waals surface area contributed by atoms with Crippen molar-refractivity contribution in [3.8, 4) is 5.75 Å². The van der Waals surface area contributed by atoms with Crippen molar-refractivity contribution < 1.29 is 19.1 Å². The monoisotopic (exact) mass is 299 g/mol. The van der Waals surface area contributed by atoms with Crippen molar-refractivity contribution in [2.75, 3.05) is 4.90 Å². The summed E-state index contributed by atoms with van der Waals surface area (Å²) in [6.45, 7) is 3.28. The Labute approximate surface area is 128 Å². The first-order valence-electron chi connectivity index (χ1n) is 7.32. The van der Waals surface area contributed by atoms with Crippen molar-refractivity contribution in [2.45, 2.75) is 20.3 Å². The van der Waals surface area contributed by atoms with E-state index in [1.165, 1.54) is 11.8 Å². The first kappa shape index (κ1) is 14.5. The van der Waals surface area contributed by atoms with E-state index < -0.39 is 5.97 Å². The van der Waals surface area contributed by atoms with Crippen LogP contribution in [0.4, 0.5) is 5.69 Å². The minimum Gasteiger partial charge on any atom is -0.427 e. The van der Waals surface area contributed by atoms with Crippen molar-refractivity contribution >= 4 is 23.5 Å². The van der Waals surface area contributed by atoms with E-state index in [0.717, 1.165) is 0 Å². The van der Waals surface area contributed by atoms with Crippen LogP contribution in [-0.4, -0.2) is 17.8 Å². The topological polar surface area (TPSA) is 63.7 Å². The molecule has 22 heavy (non-hydrogen) atoms. The number of hydrogen-bond acceptors (Lipinski definition) is 4. The molecule has 0 bridgehead atoms. The summed E-state index contributed by atoms with van der Waals surface area (Å²) in [4.78, 5) is 37.3. The third-order valence-corrected chi connectivity index (χ3v) is 4.23. The minimum atomic E-state index is -0.410. The summed E-state index contributed by atoms with van der Waals surface area (Å²) in [5.74, 6) is -0.778. The zero-order valence-electron chi connectivity index (χ0n) is 12.5. The molecule has 3 atom stereocenters. The summed E-state index contributed by atoms with van der Waals surface area (Å²) in [6, 6.07) is 6.43. The van der Waals surface area contributed by atoms with Gasteiger partial charge in [-0.25, -0.2) is 0 Å². The number of rotatable bonds is 2. The van der Waals surface area contributed by atoms with Crippen LogP contribution < -0.4 is 9.64 Å². The highest BCUT2D eigenvalue weighted by atomic mass is 16.5. The Morgan fingerprint density at radius 1 is 1.18 bits per heavy atom. The Kier molecular flexibility index (Phi) is 3.56. The number of amides is 2. The molecule has 1 aliphatic heterocycles. The fourth-order valence-electron chi connectivity index (χ4n) is 3.23. The number of benzene rings is 1. The fourth-order valence-corrected chi connectivity index (χ4v) is 3.23. The van der Waals surface area contributed by atoms with E-state index in [4.69, 9.17) is 4.74 Å². The Balaban J connectivity index is 1.87. The molecule has 1 aliphatic carbocycles. The molecule has 2 aliphatic rings. The first-order valence-corrected chi connectivity index (χ1v) is 7.32. The number of anilines is 1. The van der Waals surface area contributed by atoms with Crippen molar-refractivity contribution in [1.29, 1.82) is 0 Å². The van der Waals surface area contributed by atoms with Crippen molar-refractivity contribution in [3.63, 3.8) is 0 Å². The number of hydrogen-bond donors (Lipinski definition) is 0. The Hall–Kier alpha value is -2.43. The average Bonchev–Trinajstić information content (AvgIpc) is 2.73. The lowest BCUT2D eigenvalue weighted by atomic mass is 9.78. The van der Waals surface area contributed by atoms with Gasteiger partial charge in [0.2, 0.25) is 11.8 Å². The molecule has 5 nitrogen and oxygen atoms in total. The van der Waals surface area contributed by atoms with Gasteiger partial charge < -0.3 is 4.74 Å². The van der Waals surface area contributed by atoms with Crippen LogP contribution in [0, 0.1) is 17.8 Å². The van der Waals surface area contributed by atoms with Crippen LogP contribution in [0.15, 0.2) is 36.4 Å². The highest BCUT2D eigenvalue weighted by Crippen LogP contribution is 2.40. The van der Waals surface area contributed by atoms with Gasteiger partial charge in [0, 0.05) is 6.92 Å². The second-order valence-electron chi connectivity index (χ2n) is 5.75. The molecule has 1 saturated heterocycles. The predicted octanol–water partition coefficient (Wildman–Crippen LogP) is 2.31. The highest BCUT2D eigenvalue weighted by molar-refractivity contribution is 6.22. The number of allylic oxidation sites excluding steroid dienone is 2. The van der Waals surface area contributed by atoms with Gasteiger partial charge in [-0.15, -0.1) is 0 Å². The molecule has 1 fully saturated rings. The quantitative estimate of drug-likeness (QED) is 0.364. The van der Waals surface area contributed by atoms with E-state index in [2.05, 4.69) is 0 Å². The molecule has 3 rings (SSSR count). The molecule has 2 amide bonds. The number of fused-ring (bicyclic) bond motifs is 1. The van der Waals surface area contributed by atoms with Crippen LogP contribution in [0.25, 0.3) is 0 Å². The molecule has 1 aromatic rings. The van der Waals surface area contributed by atoms with Crippen LogP contribution in [0.5, 0.6) is 5.75 Å². The zero-order chi connectivity index (χ0) is 15.9. The van der Waals surface area contributed by atoms with Crippen LogP contribution in [0.2, 0.25) is 0 Å². The van der Waals surface area contributed by atoms with E-state index in [-0.39, 0.29) is 29.6 Å². The van der Waals surface area contributed by atoms with Crippen LogP contribution >= 0.6 is 0 Å². The Morgan fingerprint density at radius 2 is 1.86 bits per heavy atom. The highest BCUT2D eigenvalue weighted by Gasteiger charge is 2.50. The second-order valence-corrected chi connectivity index (χ2v) is 5.75. The van der Waals surface area contributed by atoms with Gasteiger partial charge in [-0.1, -0.05) is 19.1 Å². The van der Waals surface area contributed by atoms with E-state index in [1.54, 1.807) is 24.3 Å². The average molecular weight is 299 g/mol. The number of imide groups is 1. The molecule has 0 radical (unpaired) electrons. The Morgan fingerprint density at radius 3 is 2.45 bits per heavy atom. The standard InChI is InChI=1S/C17H17NO4/c1-10-4-3-5-14-15(10)17(21)18(16(14)20)12-6-8-13(9-7-12)22-11(2)19/h3-4,6-10,14-15H,5H2,1-2H3. The molecule has 1 heterocycles. The van der Waals surface area contributed by atoms with Crippen LogP contribution in [-0.2, 0) is 14.4 Å². The number of nitrogens with zero attached hydrogens (tertiary/aromatic N) is 1. The molecule has 0 N–H and O–H groups in total. The van der Waals surface area contributed by atoms with Crippen molar-refractivity contribution in [1.82, 2.24) is 0 Å². The third-order valence-electron chi connectivity index (χ3n) is 4.23. The number of carbonyl (C=O) groups excluding carboxylic acids is 3. The van der Waals surface area contributed by atoms with Gasteiger partial charge in [0.1, 0.15) is 5.75 Å². The molecule has 114 valence electrons. The van der Waals surface area contributed by atoms with Gasteiger partial charge in [-0.05, 0) is 36.6 Å². The van der Waals surface area contributed by atoms with Gasteiger partial charge in [-0.2, -0.15) is 0 Å². The van der Waals surface area contributed by atoms with Gasteiger partial charge in [0.05, 0.1) is 17.5 Å². The molecule has 5 heteroatoms. The molecular weight excluding hydrogens is 282 g/mol. The SMILES string of the molecule is CC(=O)Oc1ccc(N2C(=O)C3CC=CC(C)C3C2=O)cc1. The fraction of sp³-hybridized carbons (Fsp3) is 0.353. The number of esters is 1. The molecule has 1 aromatic carbocycles. The normalized spacial score (nSPS) is 27.0. The first-order chi connectivity index (χ1) is 10.5. The largest absolute Gasteiger partial charge is 0.427 e. The van der Waals surface area contributed by atoms with E-state index in [0.29, 0.717) is 17.9 Å². The third kappa shape index (κ3) is 2.32. The zero-order valence-corrected chi connectivity index (χ0v) is 12.5. The number of ether oxygens (including phenoxy) is 1. The predicted molar refractivity (Wildman–Crippen MR) is 80.1 cm³/mol. The van der Waals surface area contributed by atoms with Crippen LogP contribution in [0.3, 0.4) is 0 Å².